The lowest BCUT2D eigenvalue weighted by Gasteiger charge is -2.41. The van der Waals surface area contributed by atoms with E-state index in [-0.39, 0.29) is 19.1 Å². The van der Waals surface area contributed by atoms with Crippen molar-refractivity contribution in [2.45, 2.75) is 69.1 Å². The van der Waals surface area contributed by atoms with Gasteiger partial charge in [-0.25, -0.2) is 0 Å². The lowest BCUT2D eigenvalue weighted by molar-refractivity contribution is -0.137. The van der Waals surface area contributed by atoms with Crippen LogP contribution in [0.3, 0.4) is 0 Å². The normalized spacial score (nSPS) is 22.3. The highest BCUT2D eigenvalue weighted by molar-refractivity contribution is 5.96. The first-order valence-corrected chi connectivity index (χ1v) is 15.9. The number of fused-ring (bicyclic) bond motifs is 4. The topological polar surface area (TPSA) is 141 Å². The predicted molar refractivity (Wildman–Crippen MR) is 168 cm³/mol. The smallest absolute Gasteiger partial charge is 0.247 e. The number of carbonyl (C=O) groups is 3. The molecule has 3 aliphatic rings. The second-order valence-corrected chi connectivity index (χ2v) is 12.3. The number of nitrogens with one attached hydrogen (secondary N) is 2. The molecule has 0 spiro atoms. The van der Waals surface area contributed by atoms with Crippen molar-refractivity contribution in [3.63, 3.8) is 0 Å². The van der Waals surface area contributed by atoms with E-state index in [1.807, 2.05) is 24.3 Å². The minimum atomic E-state index is -1.17. The molecule has 4 N–H and O–H groups in total. The van der Waals surface area contributed by atoms with E-state index in [2.05, 4.69) is 16.4 Å². The van der Waals surface area contributed by atoms with E-state index >= 15 is 0 Å². The number of para-hydroxylation sites is 1. The molecular weight excluding hydrogens is 574 g/mol. The summed E-state index contributed by atoms with van der Waals surface area (Å²) in [6.07, 6.45) is 6.61. The van der Waals surface area contributed by atoms with Gasteiger partial charge in [-0.3, -0.25) is 14.4 Å². The van der Waals surface area contributed by atoms with Crippen LogP contribution in [-0.2, 0) is 16.0 Å². The largest absolute Gasteiger partial charge is 0.493 e. The minimum absolute atomic E-state index is 0.0383. The number of hydrogen-bond acceptors (Lipinski definition) is 7. The first-order valence-electron chi connectivity index (χ1n) is 15.9. The Labute approximate surface area is 262 Å². The van der Waals surface area contributed by atoms with Gasteiger partial charge in [0.05, 0.1) is 25.7 Å². The molecule has 3 aromatic rings. The molecule has 0 radical (unpaired) electrons. The lowest BCUT2D eigenvalue weighted by Crippen LogP contribution is -2.56. The van der Waals surface area contributed by atoms with Crippen molar-refractivity contribution in [1.29, 1.82) is 0 Å². The Balaban J connectivity index is 1.36. The molecule has 1 fully saturated rings. The van der Waals surface area contributed by atoms with Crippen LogP contribution in [-0.4, -0.2) is 83.3 Å². The van der Waals surface area contributed by atoms with Gasteiger partial charge in [0, 0.05) is 53.8 Å². The fourth-order valence-electron chi connectivity index (χ4n) is 7.28. The number of nitrogens with zero attached hydrogens (tertiary/aromatic N) is 1. The van der Waals surface area contributed by atoms with Crippen LogP contribution in [0.25, 0.3) is 10.9 Å². The van der Waals surface area contributed by atoms with Gasteiger partial charge in [0.15, 0.2) is 11.5 Å². The summed E-state index contributed by atoms with van der Waals surface area (Å²) < 4.78 is 11.8. The van der Waals surface area contributed by atoms with Gasteiger partial charge in [-0.2, -0.15) is 0 Å². The highest BCUT2D eigenvalue weighted by Crippen LogP contribution is 2.51. The maximum atomic E-state index is 14.0. The molecule has 2 aromatic carbocycles. The Bertz CT molecular complexity index is 1560. The molecule has 6 rings (SSSR count). The molecule has 1 saturated carbocycles. The molecule has 45 heavy (non-hydrogen) atoms. The highest BCUT2D eigenvalue weighted by atomic mass is 16.5. The van der Waals surface area contributed by atoms with E-state index in [4.69, 9.17) is 9.47 Å². The fourth-order valence-corrected chi connectivity index (χ4v) is 7.28. The molecule has 10 heteroatoms. The summed E-state index contributed by atoms with van der Waals surface area (Å²) in [5.74, 6) is -0.0161. The molecule has 2 aliphatic carbocycles. The van der Waals surface area contributed by atoms with Crippen LogP contribution in [0.2, 0.25) is 0 Å². The number of H-pyrrole nitrogens is 1. The number of ether oxygens (including phenoxy) is 2. The molecule has 0 saturated heterocycles. The zero-order chi connectivity index (χ0) is 31.5. The molecule has 10 nitrogen and oxygen atoms in total. The third-order valence-electron chi connectivity index (χ3n) is 9.54. The van der Waals surface area contributed by atoms with Crippen molar-refractivity contribution in [1.82, 2.24) is 15.2 Å². The number of aromatic nitrogens is 1. The number of aliphatic hydroxyl groups is 2. The second-order valence-electron chi connectivity index (χ2n) is 12.3. The standard InChI is InChI=1S/C35H41N3O7/c1-44-29-17-22(20-40)16-25-31-26(35(43)36-13-15-39)19-28(32(42)34(31)45-33(25)29)38(30(41)11-10-21-6-2-3-7-21)14-12-24-18-23-8-4-5-9-27(23)37-24/h4-5,8-9,16-21,28,31-32,34,37,39,42H,2-3,6-7,10-15H2,1H3,(H,36,43)/t28-,31+,32+,34+/m1/s1. The first-order chi connectivity index (χ1) is 21.9. The Morgan fingerprint density at radius 3 is 2.71 bits per heavy atom. The maximum absolute atomic E-state index is 14.0. The number of aromatic amines is 1. The summed E-state index contributed by atoms with van der Waals surface area (Å²) in [6, 6.07) is 12.4. The Morgan fingerprint density at radius 1 is 1.18 bits per heavy atom. The molecule has 0 unspecified atom stereocenters. The minimum Gasteiger partial charge on any atom is -0.493 e. The monoisotopic (exact) mass is 615 g/mol. The van der Waals surface area contributed by atoms with Crippen LogP contribution in [0.5, 0.6) is 11.5 Å². The van der Waals surface area contributed by atoms with Crippen LogP contribution in [0.15, 0.2) is 54.1 Å². The van der Waals surface area contributed by atoms with Crippen molar-refractivity contribution >= 4 is 29.0 Å². The van der Waals surface area contributed by atoms with E-state index in [1.165, 1.54) is 20.0 Å². The summed E-state index contributed by atoms with van der Waals surface area (Å²) >= 11 is 0. The van der Waals surface area contributed by atoms with E-state index in [0.717, 1.165) is 35.9 Å². The number of amides is 2. The van der Waals surface area contributed by atoms with Gasteiger partial charge in [-0.1, -0.05) is 43.9 Å². The van der Waals surface area contributed by atoms with Gasteiger partial charge in [0.1, 0.15) is 18.5 Å². The highest BCUT2D eigenvalue weighted by Gasteiger charge is 2.51. The predicted octanol–water partition coefficient (Wildman–Crippen LogP) is 3.65. The second kappa shape index (κ2) is 13.5. The number of rotatable bonds is 12. The Hall–Kier alpha value is -4.15. The number of hydrogen-bond donors (Lipinski definition) is 4. The number of aliphatic hydroxyl groups excluding tert-OH is 2. The van der Waals surface area contributed by atoms with Crippen LogP contribution in [0.4, 0.5) is 0 Å². The summed E-state index contributed by atoms with van der Waals surface area (Å²) in [7, 11) is 1.47. The molecule has 2 heterocycles. The molecule has 1 aromatic heterocycles. The van der Waals surface area contributed by atoms with Crippen molar-refractivity contribution in [2.75, 3.05) is 26.8 Å². The SMILES string of the molecule is COc1cc(C=O)cc2c1O[C@@H]1[C@@H](O)[C@H](N(CCc3cc4ccccc4[nH]3)C(=O)CCC3CCCC3)C=C(C(=O)NCCO)[C@H]21. The zero-order valence-corrected chi connectivity index (χ0v) is 25.5. The molecule has 2 amide bonds. The van der Waals surface area contributed by atoms with Crippen LogP contribution in [0.1, 0.15) is 66.1 Å². The Morgan fingerprint density at radius 2 is 1.98 bits per heavy atom. The van der Waals surface area contributed by atoms with E-state index in [1.54, 1.807) is 23.1 Å². The number of benzene rings is 2. The molecule has 4 atom stereocenters. The van der Waals surface area contributed by atoms with Gasteiger partial charge in [-0.15, -0.1) is 0 Å². The van der Waals surface area contributed by atoms with Crippen molar-refractivity contribution < 1.29 is 34.1 Å². The van der Waals surface area contributed by atoms with Crippen molar-refractivity contribution in [2.24, 2.45) is 5.92 Å². The Kier molecular flexibility index (Phi) is 9.23. The van der Waals surface area contributed by atoms with Crippen LogP contribution in [0, 0.1) is 5.92 Å². The van der Waals surface area contributed by atoms with Crippen LogP contribution < -0.4 is 14.8 Å². The van der Waals surface area contributed by atoms with Crippen LogP contribution >= 0.6 is 0 Å². The van der Waals surface area contributed by atoms with Gasteiger partial charge in [0.2, 0.25) is 11.8 Å². The molecule has 238 valence electrons. The number of carbonyl (C=O) groups excluding carboxylic acids is 3. The molecular formula is C35H41N3O7. The third kappa shape index (κ3) is 6.21. The average molecular weight is 616 g/mol. The van der Waals surface area contributed by atoms with Gasteiger partial charge in [-0.05, 0) is 48.1 Å². The summed E-state index contributed by atoms with van der Waals surface area (Å²) in [5.41, 5.74) is 3.20. The van der Waals surface area contributed by atoms with E-state index in [9.17, 15) is 24.6 Å². The number of methoxy groups -OCH3 is 1. The molecule has 1 aliphatic heterocycles. The first kappa shape index (κ1) is 30.9. The average Bonchev–Trinajstić information content (AvgIpc) is 3.82. The van der Waals surface area contributed by atoms with Crippen molar-refractivity contribution in [3.05, 3.63) is 70.9 Å². The quantitative estimate of drug-likeness (QED) is 0.228. The summed E-state index contributed by atoms with van der Waals surface area (Å²) in [5, 5.41) is 25.2. The summed E-state index contributed by atoms with van der Waals surface area (Å²) in [6.45, 7) is 0.116. The van der Waals surface area contributed by atoms with E-state index in [0.29, 0.717) is 59.8 Å². The number of aldehydes is 1. The zero-order valence-electron chi connectivity index (χ0n) is 25.5. The summed E-state index contributed by atoms with van der Waals surface area (Å²) in [4.78, 5) is 44.5. The lowest BCUT2D eigenvalue weighted by atomic mass is 9.77. The fraction of sp³-hybridized carbons (Fsp3) is 0.457. The van der Waals surface area contributed by atoms with Gasteiger partial charge in [0.25, 0.3) is 0 Å². The van der Waals surface area contributed by atoms with Crippen molar-refractivity contribution in [3.8, 4) is 11.5 Å². The van der Waals surface area contributed by atoms with Gasteiger partial charge < -0.3 is 34.9 Å². The van der Waals surface area contributed by atoms with Gasteiger partial charge >= 0.3 is 0 Å². The third-order valence-corrected chi connectivity index (χ3v) is 9.54. The van der Waals surface area contributed by atoms with E-state index < -0.39 is 30.1 Å². The molecule has 0 bridgehead atoms. The maximum Gasteiger partial charge on any atom is 0.247 e.